The highest BCUT2D eigenvalue weighted by atomic mass is 16.5. The molecule has 1 N–H and O–H groups in total. The standard InChI is InChI=1S/C16H27NO/c1-5-8-13-9-11-14(12-10-13)16(17-7-3)15(6-2)18-4/h9-12,15-17H,5-8H2,1-4H3. The molecule has 0 bridgehead atoms. The molecular weight excluding hydrogens is 222 g/mol. The number of ether oxygens (including phenoxy) is 1. The molecule has 2 unspecified atom stereocenters. The van der Waals surface area contributed by atoms with E-state index in [9.17, 15) is 0 Å². The second kappa shape index (κ2) is 8.28. The van der Waals surface area contributed by atoms with E-state index in [0.717, 1.165) is 19.4 Å². The Bertz CT molecular complexity index is 316. The largest absolute Gasteiger partial charge is 0.379 e. The van der Waals surface area contributed by atoms with E-state index < -0.39 is 0 Å². The van der Waals surface area contributed by atoms with Gasteiger partial charge in [0.05, 0.1) is 12.1 Å². The third-order valence-corrected chi connectivity index (χ3v) is 3.38. The molecule has 1 aromatic carbocycles. The minimum atomic E-state index is 0.238. The van der Waals surface area contributed by atoms with Gasteiger partial charge in [0, 0.05) is 7.11 Å². The average molecular weight is 249 g/mol. The Morgan fingerprint density at radius 1 is 1.11 bits per heavy atom. The predicted octanol–water partition coefficient (Wildman–Crippen LogP) is 3.71. The number of rotatable bonds is 8. The first-order valence-corrected chi connectivity index (χ1v) is 7.11. The molecule has 0 saturated carbocycles. The number of likely N-dealkylation sites (N-methyl/N-ethyl adjacent to an activating group) is 1. The van der Waals surface area contributed by atoms with Crippen LogP contribution in [-0.4, -0.2) is 19.8 Å². The van der Waals surface area contributed by atoms with Crippen molar-refractivity contribution in [3.63, 3.8) is 0 Å². The summed E-state index contributed by atoms with van der Waals surface area (Å²) >= 11 is 0. The van der Waals surface area contributed by atoms with Gasteiger partial charge in [0.25, 0.3) is 0 Å². The Morgan fingerprint density at radius 2 is 1.78 bits per heavy atom. The second-order valence-corrected chi connectivity index (χ2v) is 4.71. The van der Waals surface area contributed by atoms with E-state index in [-0.39, 0.29) is 6.10 Å². The topological polar surface area (TPSA) is 21.3 Å². The van der Waals surface area contributed by atoms with Crippen LogP contribution in [0.3, 0.4) is 0 Å². The Kier molecular flexibility index (Phi) is 6.99. The van der Waals surface area contributed by atoms with Gasteiger partial charge in [-0.05, 0) is 30.5 Å². The zero-order chi connectivity index (χ0) is 13.4. The SMILES string of the molecule is CCCc1ccc(C(NCC)C(CC)OC)cc1. The van der Waals surface area contributed by atoms with Crippen molar-refractivity contribution in [3.8, 4) is 0 Å². The summed E-state index contributed by atoms with van der Waals surface area (Å²) in [4.78, 5) is 0. The Hall–Kier alpha value is -0.860. The summed E-state index contributed by atoms with van der Waals surface area (Å²) in [6.45, 7) is 7.49. The molecule has 1 aromatic rings. The van der Waals surface area contributed by atoms with E-state index in [2.05, 4.69) is 50.4 Å². The lowest BCUT2D eigenvalue weighted by Crippen LogP contribution is -2.32. The lowest BCUT2D eigenvalue weighted by atomic mass is 9.97. The van der Waals surface area contributed by atoms with Gasteiger partial charge in [-0.1, -0.05) is 51.5 Å². The molecule has 2 atom stereocenters. The molecule has 1 rings (SSSR count). The quantitative estimate of drug-likeness (QED) is 0.758. The van der Waals surface area contributed by atoms with Crippen molar-refractivity contribution < 1.29 is 4.74 Å². The second-order valence-electron chi connectivity index (χ2n) is 4.71. The molecule has 0 spiro atoms. The van der Waals surface area contributed by atoms with E-state index >= 15 is 0 Å². The number of hydrogen-bond acceptors (Lipinski definition) is 2. The first-order valence-electron chi connectivity index (χ1n) is 7.11. The molecule has 0 aliphatic carbocycles. The smallest absolute Gasteiger partial charge is 0.0763 e. The first kappa shape index (κ1) is 15.2. The van der Waals surface area contributed by atoms with Gasteiger partial charge in [-0.3, -0.25) is 0 Å². The zero-order valence-electron chi connectivity index (χ0n) is 12.2. The van der Waals surface area contributed by atoms with Crippen molar-refractivity contribution in [2.75, 3.05) is 13.7 Å². The fraction of sp³-hybridized carbons (Fsp3) is 0.625. The van der Waals surface area contributed by atoms with E-state index in [1.165, 1.54) is 17.5 Å². The van der Waals surface area contributed by atoms with Crippen molar-refractivity contribution in [3.05, 3.63) is 35.4 Å². The highest BCUT2D eigenvalue weighted by molar-refractivity contribution is 5.26. The molecule has 18 heavy (non-hydrogen) atoms. The minimum absolute atomic E-state index is 0.238. The summed E-state index contributed by atoms with van der Waals surface area (Å²) in [7, 11) is 1.80. The van der Waals surface area contributed by atoms with Gasteiger partial charge in [-0.25, -0.2) is 0 Å². The maximum absolute atomic E-state index is 5.58. The molecule has 0 aliphatic heterocycles. The number of hydrogen-bond donors (Lipinski definition) is 1. The van der Waals surface area contributed by atoms with Crippen LogP contribution in [0.25, 0.3) is 0 Å². The molecule has 0 amide bonds. The van der Waals surface area contributed by atoms with Gasteiger partial charge in [0.15, 0.2) is 0 Å². The summed E-state index contributed by atoms with van der Waals surface area (Å²) in [6.07, 6.45) is 3.62. The van der Waals surface area contributed by atoms with Crippen LogP contribution < -0.4 is 5.32 Å². The summed E-state index contributed by atoms with van der Waals surface area (Å²) in [5.41, 5.74) is 2.74. The maximum Gasteiger partial charge on any atom is 0.0763 e. The monoisotopic (exact) mass is 249 g/mol. The molecule has 0 aliphatic rings. The molecule has 2 heteroatoms. The highest BCUT2D eigenvalue weighted by Crippen LogP contribution is 2.22. The van der Waals surface area contributed by atoms with Crippen molar-refractivity contribution in [1.29, 1.82) is 0 Å². The van der Waals surface area contributed by atoms with E-state index in [4.69, 9.17) is 4.74 Å². The summed E-state index contributed by atoms with van der Waals surface area (Å²) in [6, 6.07) is 9.25. The van der Waals surface area contributed by atoms with Crippen molar-refractivity contribution in [2.24, 2.45) is 0 Å². The number of aryl methyl sites for hydroxylation is 1. The highest BCUT2D eigenvalue weighted by Gasteiger charge is 2.20. The van der Waals surface area contributed by atoms with Gasteiger partial charge in [-0.15, -0.1) is 0 Å². The third-order valence-electron chi connectivity index (χ3n) is 3.38. The minimum Gasteiger partial charge on any atom is -0.379 e. The summed E-state index contributed by atoms with van der Waals surface area (Å²) in [5, 5.41) is 3.53. The molecular formula is C16H27NO. The number of benzene rings is 1. The van der Waals surface area contributed by atoms with E-state index in [0.29, 0.717) is 6.04 Å². The van der Waals surface area contributed by atoms with Crippen LogP contribution >= 0.6 is 0 Å². The van der Waals surface area contributed by atoms with E-state index in [1.807, 2.05) is 0 Å². The van der Waals surface area contributed by atoms with Crippen molar-refractivity contribution >= 4 is 0 Å². The molecule has 102 valence electrons. The Labute approximate surface area is 112 Å². The van der Waals surface area contributed by atoms with Crippen LogP contribution in [0, 0.1) is 0 Å². The van der Waals surface area contributed by atoms with Gasteiger partial charge in [0.2, 0.25) is 0 Å². The fourth-order valence-corrected chi connectivity index (χ4v) is 2.40. The van der Waals surface area contributed by atoms with Crippen LogP contribution in [0.4, 0.5) is 0 Å². The Morgan fingerprint density at radius 3 is 2.22 bits per heavy atom. The molecule has 0 saturated heterocycles. The average Bonchev–Trinajstić information content (AvgIpc) is 2.40. The van der Waals surface area contributed by atoms with Crippen LogP contribution in [0.15, 0.2) is 24.3 Å². The van der Waals surface area contributed by atoms with Crippen LogP contribution in [0.2, 0.25) is 0 Å². The molecule has 0 fully saturated rings. The van der Waals surface area contributed by atoms with Crippen LogP contribution in [0.5, 0.6) is 0 Å². The molecule has 0 aromatic heterocycles. The summed E-state index contributed by atoms with van der Waals surface area (Å²) in [5.74, 6) is 0. The van der Waals surface area contributed by atoms with Gasteiger partial charge in [-0.2, -0.15) is 0 Å². The zero-order valence-corrected chi connectivity index (χ0v) is 12.2. The van der Waals surface area contributed by atoms with Gasteiger partial charge >= 0.3 is 0 Å². The van der Waals surface area contributed by atoms with Crippen molar-refractivity contribution in [2.45, 2.75) is 52.2 Å². The first-order chi connectivity index (χ1) is 8.76. The lowest BCUT2D eigenvalue weighted by molar-refractivity contribution is 0.0656. The number of nitrogens with one attached hydrogen (secondary N) is 1. The normalized spacial score (nSPS) is 14.4. The van der Waals surface area contributed by atoms with Crippen molar-refractivity contribution in [1.82, 2.24) is 5.32 Å². The van der Waals surface area contributed by atoms with Crippen LogP contribution in [0.1, 0.15) is 50.8 Å². The van der Waals surface area contributed by atoms with E-state index in [1.54, 1.807) is 7.11 Å². The van der Waals surface area contributed by atoms with Gasteiger partial charge < -0.3 is 10.1 Å². The maximum atomic E-state index is 5.58. The molecule has 2 nitrogen and oxygen atoms in total. The molecule has 0 heterocycles. The predicted molar refractivity (Wildman–Crippen MR) is 77.9 cm³/mol. The molecule has 0 radical (unpaired) electrons. The number of methoxy groups -OCH3 is 1. The van der Waals surface area contributed by atoms with Gasteiger partial charge in [0.1, 0.15) is 0 Å². The summed E-state index contributed by atoms with van der Waals surface area (Å²) < 4.78 is 5.58. The fourth-order valence-electron chi connectivity index (χ4n) is 2.40. The third kappa shape index (κ3) is 4.11. The Balaban J connectivity index is 2.84. The van der Waals surface area contributed by atoms with Crippen LogP contribution in [-0.2, 0) is 11.2 Å². The lowest BCUT2D eigenvalue weighted by Gasteiger charge is -2.26.